The van der Waals surface area contributed by atoms with E-state index >= 15 is 0 Å². The van der Waals surface area contributed by atoms with Crippen LogP contribution in [0.25, 0.3) is 0 Å². The summed E-state index contributed by atoms with van der Waals surface area (Å²) in [6.07, 6.45) is -6.74. The molecule has 18 heavy (non-hydrogen) atoms. The highest BCUT2D eigenvalue weighted by molar-refractivity contribution is 4.73. The maximum absolute atomic E-state index is 8.77. The normalized spacial score (nSPS) is 19.2. The van der Waals surface area contributed by atoms with E-state index in [1.165, 1.54) is 0 Å². The fourth-order valence-electron chi connectivity index (χ4n) is 0.716. The SMILES string of the molecule is OCC(O)C(O)CO.OC[C@@H](O)[C@H](O)[C@@H](O)CO. The molecule has 112 valence electrons. The van der Waals surface area contributed by atoms with Crippen LogP contribution in [0.3, 0.4) is 0 Å². The molecule has 0 saturated heterocycles. The molecular formula is C9H22O9. The molecular weight excluding hydrogens is 252 g/mol. The van der Waals surface area contributed by atoms with Crippen molar-refractivity contribution in [3.63, 3.8) is 0 Å². The van der Waals surface area contributed by atoms with Crippen molar-refractivity contribution in [3.05, 3.63) is 0 Å². The Kier molecular flexibility index (Phi) is 13.0. The quantitative estimate of drug-likeness (QED) is 0.219. The minimum atomic E-state index is -1.49. The van der Waals surface area contributed by atoms with Gasteiger partial charge in [0.25, 0.3) is 0 Å². The fraction of sp³-hybridized carbons (Fsp3) is 1.00. The van der Waals surface area contributed by atoms with Crippen LogP contribution in [0.5, 0.6) is 0 Å². The molecule has 0 aliphatic carbocycles. The molecule has 0 aromatic heterocycles. The van der Waals surface area contributed by atoms with Crippen molar-refractivity contribution in [2.75, 3.05) is 26.4 Å². The third-order valence-electron chi connectivity index (χ3n) is 1.98. The number of aliphatic hydroxyl groups is 9. The lowest BCUT2D eigenvalue weighted by molar-refractivity contribution is -0.0900. The van der Waals surface area contributed by atoms with E-state index in [0.29, 0.717) is 0 Å². The van der Waals surface area contributed by atoms with Gasteiger partial charge in [-0.25, -0.2) is 0 Å². The van der Waals surface area contributed by atoms with Crippen LogP contribution in [0.1, 0.15) is 0 Å². The molecule has 0 aromatic carbocycles. The molecule has 0 heterocycles. The predicted octanol–water partition coefficient (Wildman–Crippen LogP) is -5.25. The molecule has 0 amide bonds. The van der Waals surface area contributed by atoms with Gasteiger partial charge in [0.05, 0.1) is 26.4 Å². The van der Waals surface area contributed by atoms with E-state index in [0.717, 1.165) is 0 Å². The molecule has 0 fully saturated rings. The van der Waals surface area contributed by atoms with Gasteiger partial charge in [-0.1, -0.05) is 0 Å². The van der Waals surface area contributed by atoms with Gasteiger partial charge >= 0.3 is 0 Å². The second-order valence-corrected chi connectivity index (χ2v) is 3.49. The van der Waals surface area contributed by atoms with E-state index in [9.17, 15) is 0 Å². The zero-order chi connectivity index (χ0) is 14.7. The second-order valence-electron chi connectivity index (χ2n) is 3.49. The van der Waals surface area contributed by atoms with Gasteiger partial charge in [0.2, 0.25) is 0 Å². The Morgan fingerprint density at radius 1 is 0.444 bits per heavy atom. The number of hydrogen-bond donors (Lipinski definition) is 9. The second kappa shape index (κ2) is 11.7. The Hall–Kier alpha value is -0.360. The first kappa shape index (κ1) is 20.0. The van der Waals surface area contributed by atoms with Crippen LogP contribution in [0.15, 0.2) is 0 Å². The van der Waals surface area contributed by atoms with Crippen LogP contribution in [0.2, 0.25) is 0 Å². The molecule has 0 aliphatic heterocycles. The summed E-state index contributed by atoms with van der Waals surface area (Å²) in [5.41, 5.74) is 0. The average molecular weight is 274 g/mol. The molecule has 0 aliphatic rings. The van der Waals surface area contributed by atoms with Crippen LogP contribution in [-0.2, 0) is 0 Å². The van der Waals surface area contributed by atoms with Gasteiger partial charge in [0.15, 0.2) is 0 Å². The summed E-state index contributed by atoms with van der Waals surface area (Å²) >= 11 is 0. The van der Waals surface area contributed by atoms with Crippen LogP contribution in [0.4, 0.5) is 0 Å². The zero-order valence-corrected chi connectivity index (χ0v) is 9.74. The summed E-state index contributed by atoms with van der Waals surface area (Å²) in [6.45, 7) is -2.33. The van der Waals surface area contributed by atoms with Crippen molar-refractivity contribution in [2.24, 2.45) is 0 Å². The van der Waals surface area contributed by atoms with Gasteiger partial charge in [-0.2, -0.15) is 0 Å². The van der Waals surface area contributed by atoms with E-state index in [2.05, 4.69) is 0 Å². The topological polar surface area (TPSA) is 182 Å². The first-order valence-electron chi connectivity index (χ1n) is 5.19. The summed E-state index contributed by atoms with van der Waals surface area (Å²) in [4.78, 5) is 0. The highest BCUT2D eigenvalue weighted by Crippen LogP contribution is 1.98. The summed E-state index contributed by atoms with van der Waals surface area (Å²) in [5, 5.41) is 75.7. The Morgan fingerprint density at radius 2 is 0.667 bits per heavy atom. The smallest absolute Gasteiger partial charge is 0.110 e. The lowest BCUT2D eigenvalue weighted by Gasteiger charge is -2.19. The Morgan fingerprint density at radius 3 is 0.833 bits per heavy atom. The number of aliphatic hydroxyl groups excluding tert-OH is 9. The highest BCUT2D eigenvalue weighted by Gasteiger charge is 2.22. The van der Waals surface area contributed by atoms with Crippen molar-refractivity contribution >= 4 is 0 Å². The van der Waals surface area contributed by atoms with Gasteiger partial charge in [-0.3, -0.25) is 0 Å². The molecule has 9 heteroatoms. The first-order chi connectivity index (χ1) is 8.35. The number of rotatable bonds is 7. The third kappa shape index (κ3) is 8.69. The van der Waals surface area contributed by atoms with E-state index < -0.39 is 56.9 Å². The van der Waals surface area contributed by atoms with Crippen molar-refractivity contribution in [2.45, 2.75) is 30.5 Å². The van der Waals surface area contributed by atoms with Gasteiger partial charge < -0.3 is 46.0 Å². The Balaban J connectivity index is 0. The predicted molar refractivity (Wildman–Crippen MR) is 58.4 cm³/mol. The standard InChI is InChI=1S/C5H12O5.C4H10O4/c6-1-3(8)5(10)4(9)2-7;5-1-3(7)4(8)2-6/h3-10H,1-2H2;3-8H,1-2H2/t3-,4+,5+;. The lowest BCUT2D eigenvalue weighted by atomic mass is 10.1. The van der Waals surface area contributed by atoms with E-state index in [-0.39, 0.29) is 0 Å². The van der Waals surface area contributed by atoms with Gasteiger partial charge in [0, 0.05) is 0 Å². The van der Waals surface area contributed by atoms with E-state index in [1.54, 1.807) is 0 Å². The molecule has 0 radical (unpaired) electrons. The Labute approximate surface area is 104 Å². The van der Waals surface area contributed by atoms with Crippen molar-refractivity contribution in [1.29, 1.82) is 0 Å². The number of hydrogen-bond acceptors (Lipinski definition) is 9. The molecule has 0 rings (SSSR count). The van der Waals surface area contributed by atoms with E-state index in [4.69, 9.17) is 46.0 Å². The van der Waals surface area contributed by atoms with Crippen molar-refractivity contribution in [1.82, 2.24) is 0 Å². The van der Waals surface area contributed by atoms with Crippen LogP contribution < -0.4 is 0 Å². The maximum Gasteiger partial charge on any atom is 0.110 e. The van der Waals surface area contributed by atoms with Crippen LogP contribution >= 0.6 is 0 Å². The molecule has 0 bridgehead atoms. The minimum absolute atomic E-state index is 0.526. The molecule has 2 unspecified atom stereocenters. The van der Waals surface area contributed by atoms with Crippen molar-refractivity contribution < 1.29 is 46.0 Å². The zero-order valence-electron chi connectivity index (χ0n) is 9.74. The first-order valence-corrected chi connectivity index (χ1v) is 5.19. The van der Waals surface area contributed by atoms with Crippen LogP contribution in [0, 0.1) is 0 Å². The molecule has 0 spiro atoms. The molecule has 9 nitrogen and oxygen atoms in total. The van der Waals surface area contributed by atoms with Crippen molar-refractivity contribution in [3.8, 4) is 0 Å². The summed E-state index contributed by atoms with van der Waals surface area (Å²) in [6, 6.07) is 0. The van der Waals surface area contributed by atoms with Gasteiger partial charge in [-0.15, -0.1) is 0 Å². The van der Waals surface area contributed by atoms with Gasteiger partial charge in [-0.05, 0) is 0 Å². The van der Waals surface area contributed by atoms with Gasteiger partial charge in [0.1, 0.15) is 30.5 Å². The third-order valence-corrected chi connectivity index (χ3v) is 1.98. The summed E-state index contributed by atoms with van der Waals surface area (Å²) in [5.74, 6) is 0. The molecule has 5 atom stereocenters. The van der Waals surface area contributed by atoms with Crippen LogP contribution in [-0.4, -0.2) is 103 Å². The lowest BCUT2D eigenvalue weighted by Crippen LogP contribution is -2.41. The largest absolute Gasteiger partial charge is 0.394 e. The maximum atomic E-state index is 8.77. The minimum Gasteiger partial charge on any atom is -0.394 e. The molecule has 0 aromatic rings. The Bertz CT molecular complexity index is 161. The summed E-state index contributed by atoms with van der Waals surface area (Å²) in [7, 11) is 0. The fourth-order valence-corrected chi connectivity index (χ4v) is 0.716. The monoisotopic (exact) mass is 274 g/mol. The average Bonchev–Trinajstić information content (AvgIpc) is 2.43. The molecule has 9 N–H and O–H groups in total. The highest BCUT2D eigenvalue weighted by atomic mass is 16.4. The molecule has 0 saturated carbocycles. The summed E-state index contributed by atoms with van der Waals surface area (Å²) < 4.78 is 0. The van der Waals surface area contributed by atoms with E-state index in [1.807, 2.05) is 0 Å².